The molecule has 1 aromatic heterocycles. The monoisotopic (exact) mass is 657 g/mol. The molecule has 0 radical (unpaired) electrons. The third-order valence-electron chi connectivity index (χ3n) is 5.71. The zero-order valence-electron chi connectivity index (χ0n) is 20.5. The fourth-order valence-electron chi connectivity index (χ4n) is 3.83. The maximum atomic E-state index is 13.4. The van der Waals surface area contributed by atoms with Crippen LogP contribution in [0.4, 0.5) is 11.4 Å². The smallest absolute Gasteiger partial charge is 0.312 e. The molecule has 39 heavy (non-hydrogen) atoms. The molecule has 0 unspecified atom stereocenters. The van der Waals surface area contributed by atoms with Crippen LogP contribution in [0, 0.1) is 20.2 Å². The van der Waals surface area contributed by atoms with Crippen molar-refractivity contribution in [1.82, 2.24) is 9.66 Å². The van der Waals surface area contributed by atoms with E-state index >= 15 is 0 Å². The van der Waals surface area contributed by atoms with Crippen molar-refractivity contribution in [1.29, 1.82) is 0 Å². The summed E-state index contributed by atoms with van der Waals surface area (Å²) in [4.78, 5) is 39.9. The number of benzene rings is 3. The first kappa shape index (κ1) is 28.0. The van der Waals surface area contributed by atoms with E-state index in [-0.39, 0.29) is 34.9 Å². The lowest BCUT2D eigenvalue weighted by atomic mass is 10.1. The van der Waals surface area contributed by atoms with Gasteiger partial charge in [-0.3, -0.25) is 25.0 Å². The van der Waals surface area contributed by atoms with E-state index in [4.69, 9.17) is 4.74 Å². The van der Waals surface area contributed by atoms with Gasteiger partial charge in [-0.05, 0) is 36.2 Å². The van der Waals surface area contributed by atoms with Crippen molar-refractivity contribution in [2.45, 2.75) is 32.8 Å². The summed E-state index contributed by atoms with van der Waals surface area (Å²) in [5, 5.41) is 27.7. The summed E-state index contributed by atoms with van der Waals surface area (Å²) in [6, 6.07) is 13.9. The molecule has 0 atom stereocenters. The maximum Gasteiger partial charge on any atom is 0.312 e. The van der Waals surface area contributed by atoms with Gasteiger partial charge in [0.25, 0.3) is 11.2 Å². The zero-order chi connectivity index (χ0) is 28.1. The maximum absolute atomic E-state index is 13.4. The molecule has 0 aliphatic rings. The highest BCUT2D eigenvalue weighted by Crippen LogP contribution is 2.34. The van der Waals surface area contributed by atoms with Gasteiger partial charge in [-0.2, -0.15) is 9.78 Å². The topological polar surface area (TPSA) is 143 Å². The second-order valence-electron chi connectivity index (χ2n) is 8.47. The first-order chi connectivity index (χ1) is 18.7. The lowest BCUT2D eigenvalue weighted by Crippen LogP contribution is -2.22. The first-order valence-electron chi connectivity index (χ1n) is 11.8. The highest BCUT2D eigenvalue weighted by Gasteiger charge is 2.21. The number of aromatic nitrogens is 2. The molecule has 1 heterocycles. The number of unbranched alkanes of at least 4 members (excludes halogenated alkanes) is 1. The number of rotatable bonds is 10. The molecule has 0 spiro atoms. The average Bonchev–Trinajstić information content (AvgIpc) is 2.91. The van der Waals surface area contributed by atoms with E-state index < -0.39 is 9.85 Å². The van der Waals surface area contributed by atoms with E-state index in [9.17, 15) is 25.0 Å². The summed E-state index contributed by atoms with van der Waals surface area (Å²) in [6.45, 7) is 1.85. The molecule has 200 valence electrons. The third kappa shape index (κ3) is 6.55. The summed E-state index contributed by atoms with van der Waals surface area (Å²) in [5.41, 5.74) is 0.371. The minimum atomic E-state index is -0.598. The number of nitrogens with zero attached hydrogens (tertiary/aromatic N) is 5. The molecule has 4 aromatic rings. The highest BCUT2D eigenvalue weighted by molar-refractivity contribution is 9.10. The molecular weight excluding hydrogens is 638 g/mol. The Morgan fingerprint density at radius 2 is 1.85 bits per heavy atom. The number of fused-ring (bicyclic) bond motifs is 1. The summed E-state index contributed by atoms with van der Waals surface area (Å²) in [5.74, 6) is 0.356. The van der Waals surface area contributed by atoms with E-state index in [2.05, 4.69) is 41.9 Å². The standard InChI is InChI=1S/C26H21Br2N5O6/c1-2-3-7-24-30-22-9-8-18(27)12-21(22)26(34)31(24)29-14-17-11-19(28)13-23(33(37)38)25(17)39-15-16-5-4-6-20(10-16)32(35)36/h4-6,8-14H,2-3,7,15H2,1H3. The van der Waals surface area contributed by atoms with Crippen LogP contribution in [0.25, 0.3) is 10.9 Å². The van der Waals surface area contributed by atoms with Gasteiger partial charge in [0.05, 0.1) is 27.0 Å². The van der Waals surface area contributed by atoms with Crippen LogP contribution in [0.15, 0.2) is 73.4 Å². The number of hydrogen-bond donors (Lipinski definition) is 0. The Hall–Kier alpha value is -3.97. The van der Waals surface area contributed by atoms with E-state index in [1.807, 2.05) is 6.92 Å². The van der Waals surface area contributed by atoms with Gasteiger partial charge in [0, 0.05) is 39.1 Å². The number of ether oxygens (including phenoxy) is 1. The molecule has 0 aliphatic heterocycles. The molecule has 0 fully saturated rings. The molecule has 13 heteroatoms. The van der Waals surface area contributed by atoms with Crippen LogP contribution < -0.4 is 10.3 Å². The summed E-state index contributed by atoms with van der Waals surface area (Å²) < 4.78 is 8.13. The summed E-state index contributed by atoms with van der Waals surface area (Å²) in [7, 11) is 0. The quantitative estimate of drug-likeness (QED) is 0.107. The fourth-order valence-corrected chi connectivity index (χ4v) is 4.66. The van der Waals surface area contributed by atoms with Crippen molar-refractivity contribution in [2.24, 2.45) is 5.10 Å². The molecule has 0 saturated carbocycles. The summed E-state index contributed by atoms with van der Waals surface area (Å²) >= 11 is 6.66. The van der Waals surface area contributed by atoms with Gasteiger partial charge in [0.15, 0.2) is 0 Å². The highest BCUT2D eigenvalue weighted by atomic mass is 79.9. The van der Waals surface area contributed by atoms with Gasteiger partial charge < -0.3 is 4.74 Å². The van der Waals surface area contributed by atoms with E-state index in [0.717, 1.165) is 12.8 Å². The largest absolute Gasteiger partial charge is 0.481 e. The van der Waals surface area contributed by atoms with Crippen LogP contribution >= 0.6 is 31.9 Å². The second kappa shape index (κ2) is 12.3. The van der Waals surface area contributed by atoms with Crippen LogP contribution in [-0.2, 0) is 13.0 Å². The predicted octanol–water partition coefficient (Wildman–Crippen LogP) is 6.54. The van der Waals surface area contributed by atoms with Gasteiger partial charge in [0.1, 0.15) is 12.4 Å². The number of halogens is 2. The zero-order valence-corrected chi connectivity index (χ0v) is 23.7. The van der Waals surface area contributed by atoms with Crippen molar-refractivity contribution < 1.29 is 14.6 Å². The minimum Gasteiger partial charge on any atom is -0.481 e. The lowest BCUT2D eigenvalue weighted by molar-refractivity contribution is -0.386. The number of nitro benzene ring substituents is 2. The van der Waals surface area contributed by atoms with Crippen LogP contribution in [0.1, 0.15) is 36.7 Å². The first-order valence-corrected chi connectivity index (χ1v) is 13.4. The third-order valence-corrected chi connectivity index (χ3v) is 6.66. The Labute approximate surface area is 238 Å². The number of non-ortho nitro benzene ring substituents is 1. The fraction of sp³-hybridized carbons (Fsp3) is 0.192. The Bertz CT molecular complexity index is 1670. The van der Waals surface area contributed by atoms with Crippen LogP contribution in [0.5, 0.6) is 5.75 Å². The Morgan fingerprint density at radius 3 is 2.56 bits per heavy atom. The molecule has 11 nitrogen and oxygen atoms in total. The van der Waals surface area contributed by atoms with Gasteiger partial charge in [-0.25, -0.2) is 4.98 Å². The van der Waals surface area contributed by atoms with E-state index in [1.54, 1.807) is 30.3 Å². The molecule has 4 rings (SSSR count). The second-order valence-corrected chi connectivity index (χ2v) is 10.3. The lowest BCUT2D eigenvalue weighted by Gasteiger charge is -2.12. The Morgan fingerprint density at radius 1 is 1.05 bits per heavy atom. The SMILES string of the molecule is CCCCc1nc2ccc(Br)cc2c(=O)n1N=Cc1cc(Br)cc([N+](=O)[O-])c1OCc1cccc([N+](=O)[O-])c1. The van der Waals surface area contributed by atoms with Crippen molar-refractivity contribution >= 4 is 60.4 Å². The number of hydrogen-bond acceptors (Lipinski definition) is 8. The average molecular weight is 659 g/mol. The molecule has 0 aliphatic carbocycles. The molecular formula is C26H21Br2N5O6. The Balaban J connectivity index is 1.79. The van der Waals surface area contributed by atoms with E-state index in [1.165, 1.54) is 35.2 Å². The van der Waals surface area contributed by atoms with Gasteiger partial charge in [0.2, 0.25) is 5.75 Å². The van der Waals surface area contributed by atoms with Gasteiger partial charge >= 0.3 is 5.69 Å². The predicted molar refractivity (Wildman–Crippen MR) is 154 cm³/mol. The number of aryl methyl sites for hydroxylation is 1. The Kier molecular flexibility index (Phi) is 8.82. The van der Waals surface area contributed by atoms with Crippen LogP contribution in [-0.4, -0.2) is 25.7 Å². The van der Waals surface area contributed by atoms with Gasteiger partial charge in [-0.1, -0.05) is 57.3 Å². The molecule has 0 N–H and O–H groups in total. The molecule has 3 aromatic carbocycles. The van der Waals surface area contributed by atoms with Crippen molar-refractivity contribution in [3.63, 3.8) is 0 Å². The molecule has 0 amide bonds. The number of nitro groups is 2. The molecule has 0 saturated heterocycles. The van der Waals surface area contributed by atoms with Crippen LogP contribution in [0.3, 0.4) is 0 Å². The minimum absolute atomic E-state index is 0.0990. The van der Waals surface area contributed by atoms with Crippen molar-refractivity contribution in [3.05, 3.63) is 111 Å². The summed E-state index contributed by atoms with van der Waals surface area (Å²) in [6.07, 6.45) is 3.47. The molecule has 0 bridgehead atoms. The van der Waals surface area contributed by atoms with Crippen LogP contribution in [0.2, 0.25) is 0 Å². The van der Waals surface area contributed by atoms with Crippen molar-refractivity contribution in [2.75, 3.05) is 0 Å². The van der Waals surface area contributed by atoms with Gasteiger partial charge in [-0.15, -0.1) is 0 Å². The van der Waals surface area contributed by atoms with Crippen molar-refractivity contribution in [3.8, 4) is 5.75 Å². The van der Waals surface area contributed by atoms with E-state index in [0.29, 0.717) is 37.7 Å². The normalized spacial score (nSPS) is 11.3.